The van der Waals surface area contributed by atoms with Crippen LogP contribution in [0.5, 0.6) is 5.75 Å². The standard InChI is InChI=1S/C36H41N3O7/c1-36(2,3)46-35(43)39-28-16-10-8-14-26(28)21-29(39)33(41)37(19-18-24-12-9-11-17-31(24)44-4)23-32(40)38-22-27-15-7-6-13-25(27)20-30(38)34(42)45-5/h6-17,29-30H,18-23H2,1-5H3/t29-,30?/m1/s1. The van der Waals surface area contributed by atoms with Crippen LogP contribution in [0.25, 0.3) is 0 Å². The minimum absolute atomic E-state index is 0.174. The fraction of sp³-hybridized carbons (Fsp3) is 0.389. The first-order chi connectivity index (χ1) is 22.0. The van der Waals surface area contributed by atoms with E-state index in [-0.39, 0.29) is 26.1 Å². The summed E-state index contributed by atoms with van der Waals surface area (Å²) >= 11 is 0. The van der Waals surface area contributed by atoms with Crippen LogP contribution in [-0.2, 0) is 49.7 Å². The zero-order valence-electron chi connectivity index (χ0n) is 27.0. The minimum atomic E-state index is -0.920. The third kappa shape index (κ3) is 7.01. The fourth-order valence-corrected chi connectivity index (χ4v) is 6.15. The number of carbonyl (C=O) groups excluding carboxylic acids is 4. The van der Waals surface area contributed by atoms with Gasteiger partial charge in [-0.25, -0.2) is 9.59 Å². The van der Waals surface area contributed by atoms with Crippen LogP contribution in [-0.4, -0.2) is 78.7 Å². The van der Waals surface area contributed by atoms with E-state index in [0.717, 1.165) is 22.3 Å². The van der Waals surface area contributed by atoms with Gasteiger partial charge in [0.25, 0.3) is 0 Å². The first-order valence-electron chi connectivity index (χ1n) is 15.5. The normalized spacial score (nSPS) is 17.1. The summed E-state index contributed by atoms with van der Waals surface area (Å²) in [6, 6.07) is 20.8. The predicted molar refractivity (Wildman–Crippen MR) is 172 cm³/mol. The lowest BCUT2D eigenvalue weighted by Gasteiger charge is -2.37. The number of carbonyl (C=O) groups is 4. The molecule has 0 radical (unpaired) electrons. The molecule has 10 nitrogen and oxygen atoms in total. The van der Waals surface area contributed by atoms with Gasteiger partial charge < -0.3 is 24.0 Å². The van der Waals surface area contributed by atoms with Crippen molar-refractivity contribution in [2.24, 2.45) is 0 Å². The van der Waals surface area contributed by atoms with Crippen LogP contribution in [0.1, 0.15) is 43.0 Å². The van der Waals surface area contributed by atoms with Crippen molar-refractivity contribution in [2.45, 2.75) is 64.3 Å². The second kappa shape index (κ2) is 13.6. The van der Waals surface area contributed by atoms with Crippen LogP contribution in [0.2, 0.25) is 0 Å². The summed E-state index contributed by atoms with van der Waals surface area (Å²) in [5.74, 6) is -0.629. The maximum atomic E-state index is 14.5. The molecule has 0 saturated carbocycles. The number of methoxy groups -OCH3 is 2. The Hall–Kier alpha value is -4.86. The molecule has 2 atom stereocenters. The Kier molecular flexibility index (Phi) is 9.65. The second-order valence-corrected chi connectivity index (χ2v) is 12.6. The van der Waals surface area contributed by atoms with Crippen LogP contribution in [0.3, 0.4) is 0 Å². The molecule has 0 aliphatic carbocycles. The van der Waals surface area contributed by atoms with Gasteiger partial charge in [-0.15, -0.1) is 0 Å². The molecule has 1 unspecified atom stereocenters. The van der Waals surface area contributed by atoms with Gasteiger partial charge in [-0.3, -0.25) is 14.5 Å². The van der Waals surface area contributed by atoms with E-state index in [1.807, 2.05) is 66.7 Å². The molecule has 0 N–H and O–H groups in total. The molecule has 0 fully saturated rings. The smallest absolute Gasteiger partial charge is 0.415 e. The number of para-hydroxylation sites is 2. The van der Waals surface area contributed by atoms with Crippen molar-refractivity contribution in [3.63, 3.8) is 0 Å². The van der Waals surface area contributed by atoms with Gasteiger partial charge in [-0.2, -0.15) is 0 Å². The van der Waals surface area contributed by atoms with Crippen molar-refractivity contribution in [3.8, 4) is 5.75 Å². The molecular formula is C36H41N3O7. The van der Waals surface area contributed by atoms with E-state index in [9.17, 15) is 19.2 Å². The molecule has 0 aromatic heterocycles. The number of nitrogens with zero attached hydrogens (tertiary/aromatic N) is 3. The Labute approximate surface area is 269 Å². The largest absolute Gasteiger partial charge is 0.496 e. The summed E-state index contributed by atoms with van der Waals surface area (Å²) in [5, 5.41) is 0. The summed E-state index contributed by atoms with van der Waals surface area (Å²) < 4.78 is 16.4. The number of amides is 3. The van der Waals surface area contributed by atoms with E-state index in [0.29, 0.717) is 24.3 Å². The summed E-state index contributed by atoms with van der Waals surface area (Å²) in [4.78, 5) is 59.5. The molecule has 46 heavy (non-hydrogen) atoms. The zero-order chi connectivity index (χ0) is 33.0. The summed E-state index contributed by atoms with van der Waals surface area (Å²) in [6.07, 6.45) is 0.354. The Morgan fingerprint density at radius 1 is 0.826 bits per heavy atom. The van der Waals surface area contributed by atoms with Crippen LogP contribution in [0, 0.1) is 0 Å². The zero-order valence-corrected chi connectivity index (χ0v) is 27.0. The molecule has 3 aromatic carbocycles. The Morgan fingerprint density at radius 3 is 2.15 bits per heavy atom. The lowest BCUT2D eigenvalue weighted by molar-refractivity contribution is -0.155. The van der Waals surface area contributed by atoms with Gasteiger partial charge in [0, 0.05) is 25.9 Å². The monoisotopic (exact) mass is 627 g/mol. The summed E-state index contributed by atoms with van der Waals surface area (Å²) in [6.45, 7) is 5.41. The molecule has 242 valence electrons. The average Bonchev–Trinajstić information content (AvgIpc) is 3.44. The first kappa shape index (κ1) is 32.5. The van der Waals surface area contributed by atoms with Gasteiger partial charge in [0.1, 0.15) is 23.4 Å². The average molecular weight is 628 g/mol. The van der Waals surface area contributed by atoms with E-state index in [4.69, 9.17) is 14.2 Å². The maximum Gasteiger partial charge on any atom is 0.415 e. The number of benzene rings is 3. The molecule has 0 bridgehead atoms. The first-order valence-corrected chi connectivity index (χ1v) is 15.5. The molecule has 10 heteroatoms. The van der Waals surface area contributed by atoms with Crippen molar-refractivity contribution in [3.05, 3.63) is 95.1 Å². The van der Waals surface area contributed by atoms with Gasteiger partial charge in [0.2, 0.25) is 11.8 Å². The van der Waals surface area contributed by atoms with E-state index in [2.05, 4.69) is 0 Å². The predicted octanol–water partition coefficient (Wildman–Crippen LogP) is 4.56. The SMILES string of the molecule is COC(=O)C1Cc2ccccc2CN1C(=O)CN(CCc1ccccc1OC)C(=O)[C@H]1Cc2ccccc2N1C(=O)OC(C)(C)C. The van der Waals surface area contributed by atoms with E-state index in [1.54, 1.807) is 33.9 Å². The van der Waals surface area contributed by atoms with Gasteiger partial charge in [-0.1, -0.05) is 60.7 Å². The van der Waals surface area contributed by atoms with Crippen LogP contribution in [0.4, 0.5) is 10.5 Å². The van der Waals surface area contributed by atoms with Crippen LogP contribution >= 0.6 is 0 Å². The van der Waals surface area contributed by atoms with E-state index in [1.165, 1.54) is 21.8 Å². The number of ether oxygens (including phenoxy) is 3. The van der Waals surface area contributed by atoms with Crippen LogP contribution < -0.4 is 9.64 Å². The van der Waals surface area contributed by atoms with Gasteiger partial charge in [0.15, 0.2) is 0 Å². The summed E-state index contributed by atoms with van der Waals surface area (Å²) in [5.41, 5.74) is 3.43. The van der Waals surface area contributed by atoms with Crippen molar-refractivity contribution in [1.82, 2.24) is 9.80 Å². The Morgan fingerprint density at radius 2 is 1.46 bits per heavy atom. The number of esters is 1. The van der Waals surface area contributed by atoms with Crippen molar-refractivity contribution in [2.75, 3.05) is 32.2 Å². The molecule has 3 aromatic rings. The highest BCUT2D eigenvalue weighted by Crippen LogP contribution is 2.35. The molecular weight excluding hydrogens is 586 g/mol. The molecule has 2 heterocycles. The molecule has 2 aliphatic rings. The summed E-state index contributed by atoms with van der Waals surface area (Å²) in [7, 11) is 2.89. The van der Waals surface area contributed by atoms with E-state index < -0.39 is 41.6 Å². The van der Waals surface area contributed by atoms with Gasteiger partial charge in [0.05, 0.1) is 26.5 Å². The quantitative estimate of drug-likeness (QED) is 0.337. The Bertz CT molecular complexity index is 1610. The number of hydrogen-bond acceptors (Lipinski definition) is 7. The van der Waals surface area contributed by atoms with Gasteiger partial charge in [-0.05, 0) is 61.6 Å². The van der Waals surface area contributed by atoms with Crippen molar-refractivity contribution < 1.29 is 33.4 Å². The highest BCUT2D eigenvalue weighted by atomic mass is 16.6. The number of fused-ring (bicyclic) bond motifs is 2. The lowest BCUT2D eigenvalue weighted by Crippen LogP contribution is -2.56. The second-order valence-electron chi connectivity index (χ2n) is 12.6. The minimum Gasteiger partial charge on any atom is -0.496 e. The molecule has 2 aliphatic heterocycles. The van der Waals surface area contributed by atoms with Crippen molar-refractivity contribution in [1.29, 1.82) is 0 Å². The molecule has 5 rings (SSSR count). The molecule has 0 saturated heterocycles. The van der Waals surface area contributed by atoms with Crippen molar-refractivity contribution >= 4 is 29.6 Å². The number of anilines is 1. The molecule has 3 amide bonds. The fourth-order valence-electron chi connectivity index (χ4n) is 6.15. The number of rotatable bonds is 8. The van der Waals surface area contributed by atoms with Crippen LogP contribution in [0.15, 0.2) is 72.8 Å². The highest BCUT2D eigenvalue weighted by Gasteiger charge is 2.43. The van der Waals surface area contributed by atoms with E-state index >= 15 is 0 Å². The topological polar surface area (TPSA) is 106 Å². The third-order valence-electron chi connectivity index (χ3n) is 8.37. The maximum absolute atomic E-state index is 14.5. The Balaban J connectivity index is 1.47. The molecule has 0 spiro atoms. The lowest BCUT2D eigenvalue weighted by atomic mass is 9.94. The number of hydrogen-bond donors (Lipinski definition) is 0. The third-order valence-corrected chi connectivity index (χ3v) is 8.37. The van der Waals surface area contributed by atoms with Gasteiger partial charge >= 0.3 is 12.1 Å². The highest BCUT2D eigenvalue weighted by molar-refractivity contribution is 6.01.